The van der Waals surface area contributed by atoms with Crippen LogP contribution in [0.2, 0.25) is 0 Å². The molecule has 0 unspecified atom stereocenters. The van der Waals surface area contributed by atoms with Gasteiger partial charge in [-0.15, -0.1) is 11.3 Å². The van der Waals surface area contributed by atoms with Crippen LogP contribution in [0, 0.1) is 5.82 Å². The van der Waals surface area contributed by atoms with Crippen LogP contribution in [0.1, 0.15) is 41.4 Å². The van der Waals surface area contributed by atoms with E-state index in [1.807, 2.05) is 24.4 Å². The Morgan fingerprint density at radius 3 is 2.80 bits per heavy atom. The van der Waals surface area contributed by atoms with Crippen molar-refractivity contribution in [3.05, 3.63) is 65.3 Å². The number of hydrogen-bond donors (Lipinski definition) is 2. The molecular formula is C29H25FN8OS. The summed E-state index contributed by atoms with van der Waals surface area (Å²) in [4.78, 5) is 37.1. The SMILES string of the molecule is CC(=O)c1ccc(-c2nccc3[nH]c(-c4[nH]nc5ncc(-c6cncc(CN7CCCCC7)c6)c(F)c45)nc23)s1. The van der Waals surface area contributed by atoms with Gasteiger partial charge in [-0.3, -0.25) is 24.8 Å². The number of carbonyl (C=O) groups excluding carboxylic acids is 1. The Morgan fingerprint density at radius 2 is 1.98 bits per heavy atom. The predicted molar refractivity (Wildman–Crippen MR) is 152 cm³/mol. The van der Waals surface area contributed by atoms with Crippen LogP contribution < -0.4 is 0 Å². The number of aromatic amines is 2. The highest BCUT2D eigenvalue weighted by Gasteiger charge is 2.22. The topological polar surface area (TPSA) is 116 Å². The lowest BCUT2D eigenvalue weighted by molar-refractivity contribution is 0.102. The number of rotatable bonds is 6. The first-order chi connectivity index (χ1) is 19.5. The van der Waals surface area contributed by atoms with Crippen LogP contribution in [0.4, 0.5) is 4.39 Å². The highest BCUT2D eigenvalue weighted by Crippen LogP contribution is 2.35. The maximum absolute atomic E-state index is 16.2. The first-order valence-electron chi connectivity index (χ1n) is 13.2. The molecule has 11 heteroatoms. The molecule has 1 aliphatic rings. The number of halogens is 1. The second-order valence-electron chi connectivity index (χ2n) is 10.1. The summed E-state index contributed by atoms with van der Waals surface area (Å²) in [6.07, 6.45) is 10.4. The number of fused-ring (bicyclic) bond motifs is 2. The van der Waals surface area contributed by atoms with E-state index in [9.17, 15) is 4.79 Å². The lowest BCUT2D eigenvalue weighted by Gasteiger charge is -2.26. The van der Waals surface area contributed by atoms with Gasteiger partial charge in [0.05, 0.1) is 20.7 Å². The normalized spacial score (nSPS) is 14.3. The molecule has 40 heavy (non-hydrogen) atoms. The number of nitrogens with one attached hydrogen (secondary N) is 2. The summed E-state index contributed by atoms with van der Waals surface area (Å²) in [6, 6.07) is 7.46. The number of likely N-dealkylation sites (tertiary alicyclic amines) is 1. The minimum atomic E-state index is -0.436. The number of ketones is 1. The number of H-pyrrole nitrogens is 2. The molecule has 7 rings (SSSR count). The van der Waals surface area contributed by atoms with Crippen molar-refractivity contribution in [3.63, 3.8) is 0 Å². The molecule has 0 aromatic carbocycles. The zero-order chi connectivity index (χ0) is 27.2. The fourth-order valence-corrected chi connectivity index (χ4v) is 6.21. The summed E-state index contributed by atoms with van der Waals surface area (Å²) < 4.78 is 16.2. The lowest BCUT2D eigenvalue weighted by atomic mass is 10.0. The molecule has 9 nitrogen and oxygen atoms in total. The minimum absolute atomic E-state index is 0.00100. The Kier molecular flexibility index (Phi) is 6.17. The standard InChI is InChI=1S/C29H25FN8OS/c1-16(39)21-5-6-22(40-21)26-25-20(7-8-32-26)34-29(35-25)27-23-24(30)19(14-33-28(23)37-36-27)18-11-17(12-31-13-18)15-38-9-3-2-4-10-38/h5-8,11-14H,2-4,9-10,15H2,1H3,(H,34,35)(H,33,36,37). The number of thiophene rings is 1. The summed E-state index contributed by atoms with van der Waals surface area (Å²) in [5.41, 5.74) is 4.74. The number of hydrogen-bond acceptors (Lipinski definition) is 8. The maximum Gasteiger partial charge on any atom is 0.184 e. The molecular weight excluding hydrogens is 527 g/mol. The smallest absolute Gasteiger partial charge is 0.184 e. The van der Waals surface area contributed by atoms with Crippen LogP contribution in [0.25, 0.3) is 55.3 Å². The summed E-state index contributed by atoms with van der Waals surface area (Å²) in [5, 5.41) is 7.43. The van der Waals surface area contributed by atoms with Gasteiger partial charge in [-0.05, 0) is 62.7 Å². The van der Waals surface area contributed by atoms with Crippen molar-refractivity contribution in [1.29, 1.82) is 0 Å². The van der Waals surface area contributed by atoms with Gasteiger partial charge in [0, 0.05) is 42.5 Å². The lowest BCUT2D eigenvalue weighted by Crippen LogP contribution is -2.29. The van der Waals surface area contributed by atoms with Crippen molar-refractivity contribution in [2.45, 2.75) is 32.7 Å². The Balaban J connectivity index is 1.28. The van der Waals surface area contributed by atoms with Crippen molar-refractivity contribution >= 4 is 39.2 Å². The molecule has 6 aromatic heterocycles. The molecule has 1 saturated heterocycles. The van der Waals surface area contributed by atoms with Gasteiger partial charge in [0.2, 0.25) is 0 Å². The Morgan fingerprint density at radius 1 is 1.10 bits per heavy atom. The molecule has 0 atom stereocenters. The van der Waals surface area contributed by atoms with Crippen molar-refractivity contribution in [2.24, 2.45) is 0 Å². The third-order valence-electron chi connectivity index (χ3n) is 7.30. The molecule has 6 aromatic rings. The van der Waals surface area contributed by atoms with E-state index in [0.717, 1.165) is 35.6 Å². The highest BCUT2D eigenvalue weighted by atomic mass is 32.1. The average molecular weight is 553 g/mol. The first-order valence-corrected chi connectivity index (χ1v) is 14.0. The van der Waals surface area contributed by atoms with E-state index in [4.69, 9.17) is 4.98 Å². The third kappa shape index (κ3) is 4.37. The second kappa shape index (κ2) is 10.00. The van der Waals surface area contributed by atoms with Crippen molar-refractivity contribution in [1.82, 2.24) is 40.0 Å². The van der Waals surface area contributed by atoms with Gasteiger partial charge in [-0.2, -0.15) is 5.10 Å². The number of aromatic nitrogens is 7. The Hall–Kier alpha value is -4.35. The molecule has 0 aliphatic carbocycles. The molecule has 2 N–H and O–H groups in total. The van der Waals surface area contributed by atoms with E-state index in [1.165, 1.54) is 43.7 Å². The summed E-state index contributed by atoms with van der Waals surface area (Å²) in [5.74, 6) is -0.0140. The van der Waals surface area contributed by atoms with E-state index < -0.39 is 5.82 Å². The molecule has 0 amide bonds. The van der Waals surface area contributed by atoms with Gasteiger partial charge >= 0.3 is 0 Å². The summed E-state index contributed by atoms with van der Waals surface area (Å²) >= 11 is 1.37. The van der Waals surface area contributed by atoms with E-state index in [-0.39, 0.29) is 16.8 Å². The molecule has 0 radical (unpaired) electrons. The van der Waals surface area contributed by atoms with Crippen LogP contribution >= 0.6 is 11.3 Å². The molecule has 1 fully saturated rings. The van der Waals surface area contributed by atoms with Crippen LogP contribution in [-0.2, 0) is 6.54 Å². The van der Waals surface area contributed by atoms with Gasteiger partial charge in [0.25, 0.3) is 0 Å². The van der Waals surface area contributed by atoms with Gasteiger partial charge in [-0.25, -0.2) is 14.4 Å². The number of Topliss-reactive ketones (excluding diaryl/α,β-unsaturated/α-hetero) is 1. The number of imidazole rings is 1. The average Bonchev–Trinajstić information content (AvgIpc) is 3.72. The second-order valence-corrected chi connectivity index (χ2v) is 11.1. The Labute approximate surface area is 232 Å². The third-order valence-corrected chi connectivity index (χ3v) is 8.50. The maximum atomic E-state index is 16.2. The molecule has 7 heterocycles. The highest BCUT2D eigenvalue weighted by molar-refractivity contribution is 7.17. The van der Waals surface area contributed by atoms with Crippen molar-refractivity contribution in [3.8, 4) is 33.2 Å². The van der Waals surface area contributed by atoms with Crippen molar-refractivity contribution in [2.75, 3.05) is 13.1 Å². The van der Waals surface area contributed by atoms with E-state index in [1.54, 1.807) is 18.5 Å². The quantitative estimate of drug-likeness (QED) is 0.243. The largest absolute Gasteiger partial charge is 0.337 e. The van der Waals surface area contributed by atoms with E-state index in [0.29, 0.717) is 38.7 Å². The molecule has 200 valence electrons. The van der Waals surface area contributed by atoms with Crippen LogP contribution in [0.15, 0.2) is 49.1 Å². The first kappa shape index (κ1) is 24.7. The van der Waals surface area contributed by atoms with E-state index >= 15 is 4.39 Å². The number of pyridine rings is 3. The molecule has 0 bridgehead atoms. The zero-order valence-corrected chi connectivity index (χ0v) is 22.6. The number of nitrogens with zero attached hydrogens (tertiary/aromatic N) is 6. The fourth-order valence-electron chi connectivity index (χ4n) is 5.31. The summed E-state index contributed by atoms with van der Waals surface area (Å²) in [6.45, 7) is 4.48. The number of carbonyl (C=O) groups is 1. The molecule has 0 spiro atoms. The summed E-state index contributed by atoms with van der Waals surface area (Å²) in [7, 11) is 0. The van der Waals surface area contributed by atoms with Gasteiger partial charge in [0.15, 0.2) is 17.3 Å². The van der Waals surface area contributed by atoms with E-state index in [2.05, 4.69) is 35.0 Å². The zero-order valence-electron chi connectivity index (χ0n) is 21.7. The monoisotopic (exact) mass is 552 g/mol. The van der Waals surface area contributed by atoms with Crippen LogP contribution in [0.3, 0.4) is 0 Å². The predicted octanol–water partition coefficient (Wildman–Crippen LogP) is 6.01. The van der Waals surface area contributed by atoms with Gasteiger partial charge < -0.3 is 4.98 Å². The number of piperidine rings is 1. The van der Waals surface area contributed by atoms with Gasteiger partial charge in [-0.1, -0.05) is 6.42 Å². The minimum Gasteiger partial charge on any atom is -0.337 e. The Bertz CT molecular complexity index is 1880. The molecule has 0 saturated carbocycles. The fraction of sp³-hybridized carbons (Fsp3) is 0.241. The van der Waals surface area contributed by atoms with Crippen LogP contribution in [-0.4, -0.2) is 58.9 Å². The van der Waals surface area contributed by atoms with Crippen molar-refractivity contribution < 1.29 is 9.18 Å². The molecule has 1 aliphatic heterocycles. The van der Waals surface area contributed by atoms with Crippen LogP contribution in [0.5, 0.6) is 0 Å². The van der Waals surface area contributed by atoms with Gasteiger partial charge in [0.1, 0.15) is 22.7 Å².